The summed E-state index contributed by atoms with van der Waals surface area (Å²) in [6, 6.07) is 3.96. The van der Waals surface area contributed by atoms with Gasteiger partial charge in [-0.15, -0.1) is 11.3 Å². The fourth-order valence-corrected chi connectivity index (χ4v) is 2.85. The number of aryl methyl sites for hydroxylation is 2. The SMILES string of the molecule is CCCc1ccc(C(=O)/C=C/c2cnn(C)c2C)s1. The second-order valence-corrected chi connectivity index (χ2v) is 5.69. The minimum absolute atomic E-state index is 0.0654. The highest BCUT2D eigenvalue weighted by atomic mass is 32.1. The van der Waals surface area contributed by atoms with Gasteiger partial charge in [-0.05, 0) is 37.6 Å². The highest BCUT2D eigenvalue weighted by Crippen LogP contribution is 2.19. The Bertz CT molecular complexity index is 607. The largest absolute Gasteiger partial charge is 0.288 e. The fourth-order valence-electron chi connectivity index (χ4n) is 1.82. The van der Waals surface area contributed by atoms with Gasteiger partial charge in [0.05, 0.1) is 11.1 Å². The van der Waals surface area contributed by atoms with E-state index in [2.05, 4.69) is 12.0 Å². The van der Waals surface area contributed by atoms with Crippen LogP contribution in [0.3, 0.4) is 0 Å². The van der Waals surface area contributed by atoms with Crippen LogP contribution in [0.2, 0.25) is 0 Å². The van der Waals surface area contributed by atoms with Gasteiger partial charge in [0.15, 0.2) is 5.78 Å². The Labute approximate surface area is 117 Å². The van der Waals surface area contributed by atoms with Gasteiger partial charge < -0.3 is 0 Å². The lowest BCUT2D eigenvalue weighted by atomic mass is 10.2. The van der Waals surface area contributed by atoms with Gasteiger partial charge in [0, 0.05) is 23.2 Å². The topological polar surface area (TPSA) is 34.9 Å². The first-order valence-corrected chi connectivity index (χ1v) is 7.23. The molecule has 0 atom stereocenters. The average molecular weight is 274 g/mol. The van der Waals surface area contributed by atoms with Gasteiger partial charge in [-0.3, -0.25) is 9.48 Å². The van der Waals surface area contributed by atoms with E-state index < -0.39 is 0 Å². The summed E-state index contributed by atoms with van der Waals surface area (Å²) in [5.41, 5.74) is 2.04. The van der Waals surface area contributed by atoms with Crippen LogP contribution in [-0.4, -0.2) is 15.6 Å². The van der Waals surface area contributed by atoms with Crippen molar-refractivity contribution in [2.24, 2.45) is 7.05 Å². The van der Waals surface area contributed by atoms with E-state index in [0.717, 1.165) is 29.0 Å². The van der Waals surface area contributed by atoms with Crippen molar-refractivity contribution in [1.82, 2.24) is 9.78 Å². The number of carbonyl (C=O) groups excluding carboxylic acids is 1. The van der Waals surface area contributed by atoms with E-state index in [1.807, 2.05) is 32.2 Å². The molecule has 3 nitrogen and oxygen atoms in total. The lowest BCUT2D eigenvalue weighted by molar-refractivity contribution is 0.105. The molecule has 0 aromatic carbocycles. The van der Waals surface area contributed by atoms with Crippen LogP contribution in [0.5, 0.6) is 0 Å². The van der Waals surface area contributed by atoms with E-state index in [4.69, 9.17) is 0 Å². The third-order valence-corrected chi connectivity index (χ3v) is 4.25. The molecule has 2 heterocycles. The molecule has 0 amide bonds. The van der Waals surface area contributed by atoms with Crippen molar-refractivity contribution in [3.05, 3.63) is 45.4 Å². The van der Waals surface area contributed by atoms with Gasteiger partial charge in [0.25, 0.3) is 0 Å². The fraction of sp³-hybridized carbons (Fsp3) is 0.333. The predicted molar refractivity (Wildman–Crippen MR) is 79.6 cm³/mol. The van der Waals surface area contributed by atoms with Crippen LogP contribution in [0, 0.1) is 6.92 Å². The van der Waals surface area contributed by atoms with Crippen molar-refractivity contribution in [3.63, 3.8) is 0 Å². The van der Waals surface area contributed by atoms with E-state index in [9.17, 15) is 4.79 Å². The molecule has 0 aliphatic carbocycles. The average Bonchev–Trinajstić information content (AvgIpc) is 2.97. The first kappa shape index (κ1) is 13.7. The number of hydrogen-bond acceptors (Lipinski definition) is 3. The standard InChI is InChI=1S/C15H18N2OS/c1-4-5-13-7-9-15(19-13)14(18)8-6-12-10-16-17(3)11(12)2/h6-10H,4-5H2,1-3H3/b8-6+. The smallest absolute Gasteiger partial charge is 0.195 e. The summed E-state index contributed by atoms with van der Waals surface area (Å²) in [6.07, 6.45) is 7.40. The van der Waals surface area contributed by atoms with Crippen LogP contribution in [0.25, 0.3) is 6.08 Å². The normalized spacial score (nSPS) is 11.3. The van der Waals surface area contributed by atoms with Crippen molar-refractivity contribution in [1.29, 1.82) is 0 Å². The van der Waals surface area contributed by atoms with E-state index in [-0.39, 0.29) is 5.78 Å². The molecule has 0 bridgehead atoms. The van der Waals surface area contributed by atoms with Crippen LogP contribution in [0.1, 0.15) is 39.2 Å². The molecule has 2 aromatic heterocycles. The summed E-state index contributed by atoms with van der Waals surface area (Å²) < 4.78 is 1.80. The highest BCUT2D eigenvalue weighted by molar-refractivity contribution is 7.14. The quantitative estimate of drug-likeness (QED) is 0.616. The summed E-state index contributed by atoms with van der Waals surface area (Å²) in [5.74, 6) is 0.0654. The second kappa shape index (κ2) is 5.97. The summed E-state index contributed by atoms with van der Waals surface area (Å²) in [5, 5.41) is 4.15. The zero-order chi connectivity index (χ0) is 13.8. The molecule has 0 saturated heterocycles. The third-order valence-electron chi connectivity index (χ3n) is 3.09. The lowest BCUT2D eigenvalue weighted by Crippen LogP contribution is -1.93. The van der Waals surface area contributed by atoms with Crippen molar-refractivity contribution in [3.8, 4) is 0 Å². The molecule has 0 aliphatic rings. The van der Waals surface area contributed by atoms with Gasteiger partial charge in [0.1, 0.15) is 0 Å². The Morgan fingerprint density at radius 3 is 2.89 bits per heavy atom. The van der Waals surface area contributed by atoms with Crippen molar-refractivity contribution in [2.75, 3.05) is 0 Å². The van der Waals surface area contributed by atoms with Gasteiger partial charge in [-0.25, -0.2) is 0 Å². The molecule has 19 heavy (non-hydrogen) atoms. The lowest BCUT2D eigenvalue weighted by Gasteiger charge is -1.94. The molecule has 0 N–H and O–H groups in total. The van der Waals surface area contributed by atoms with Crippen molar-refractivity contribution in [2.45, 2.75) is 26.7 Å². The third kappa shape index (κ3) is 3.20. The van der Waals surface area contributed by atoms with Gasteiger partial charge in [-0.1, -0.05) is 13.3 Å². The van der Waals surface area contributed by atoms with Crippen molar-refractivity contribution >= 4 is 23.2 Å². The van der Waals surface area contributed by atoms with Gasteiger partial charge >= 0.3 is 0 Å². The maximum absolute atomic E-state index is 12.1. The minimum Gasteiger partial charge on any atom is -0.288 e. The molecule has 0 radical (unpaired) electrons. The number of thiophene rings is 1. The Hall–Kier alpha value is -1.68. The predicted octanol–water partition coefficient (Wildman–Crippen LogP) is 3.64. The Balaban J connectivity index is 2.09. The van der Waals surface area contributed by atoms with Gasteiger partial charge in [0.2, 0.25) is 0 Å². The molecule has 0 fully saturated rings. The Kier molecular flexibility index (Phi) is 4.32. The number of allylic oxidation sites excluding steroid dienone is 1. The molecule has 0 aliphatic heterocycles. The molecule has 0 saturated carbocycles. The number of ketones is 1. The minimum atomic E-state index is 0.0654. The summed E-state index contributed by atoms with van der Waals surface area (Å²) in [4.78, 5) is 14.1. The van der Waals surface area contributed by atoms with Crippen LogP contribution in [-0.2, 0) is 13.5 Å². The zero-order valence-corrected chi connectivity index (χ0v) is 12.3. The second-order valence-electron chi connectivity index (χ2n) is 4.52. The van der Waals surface area contributed by atoms with Crippen LogP contribution in [0.15, 0.2) is 24.4 Å². The monoisotopic (exact) mass is 274 g/mol. The van der Waals surface area contributed by atoms with E-state index >= 15 is 0 Å². The number of aromatic nitrogens is 2. The summed E-state index contributed by atoms with van der Waals surface area (Å²) in [6.45, 7) is 4.13. The first-order valence-electron chi connectivity index (χ1n) is 6.41. The molecule has 4 heteroatoms. The van der Waals surface area contributed by atoms with E-state index in [1.54, 1.807) is 28.3 Å². The van der Waals surface area contributed by atoms with Crippen LogP contribution in [0.4, 0.5) is 0 Å². The number of nitrogens with zero attached hydrogens (tertiary/aromatic N) is 2. The van der Waals surface area contributed by atoms with E-state index in [1.165, 1.54) is 4.88 Å². The molecule has 2 aromatic rings. The number of hydrogen-bond donors (Lipinski definition) is 0. The summed E-state index contributed by atoms with van der Waals surface area (Å²) in [7, 11) is 1.89. The maximum Gasteiger partial charge on any atom is 0.195 e. The van der Waals surface area contributed by atoms with Gasteiger partial charge in [-0.2, -0.15) is 5.10 Å². The molecular formula is C15H18N2OS. The molecule has 0 unspecified atom stereocenters. The highest BCUT2D eigenvalue weighted by Gasteiger charge is 2.06. The molecule has 100 valence electrons. The summed E-state index contributed by atoms with van der Waals surface area (Å²) >= 11 is 1.59. The van der Waals surface area contributed by atoms with Crippen LogP contribution >= 0.6 is 11.3 Å². The number of carbonyl (C=O) groups is 1. The van der Waals surface area contributed by atoms with Crippen molar-refractivity contribution < 1.29 is 4.79 Å². The number of rotatable bonds is 5. The van der Waals surface area contributed by atoms with E-state index in [0.29, 0.717) is 0 Å². The molecular weight excluding hydrogens is 256 g/mol. The molecule has 0 spiro atoms. The molecule has 2 rings (SSSR count). The Morgan fingerprint density at radius 1 is 1.47 bits per heavy atom. The maximum atomic E-state index is 12.1. The van der Waals surface area contributed by atoms with Crippen LogP contribution < -0.4 is 0 Å². The first-order chi connectivity index (χ1) is 9.11. The Morgan fingerprint density at radius 2 is 2.26 bits per heavy atom. The zero-order valence-electron chi connectivity index (χ0n) is 11.5.